The second-order valence-electron chi connectivity index (χ2n) is 3.73. The fourth-order valence-electron chi connectivity index (χ4n) is 1.50. The molecule has 1 fully saturated rings. The molecule has 1 aliphatic heterocycles. The highest BCUT2D eigenvalue weighted by atomic mass is 16.5. The number of pyridine rings is 1. The molecular weight excluding hydrogens is 208 g/mol. The predicted octanol–water partition coefficient (Wildman–Crippen LogP) is 0.574. The summed E-state index contributed by atoms with van der Waals surface area (Å²) in [5.41, 5.74) is 1.01. The molecule has 1 atom stereocenters. The fraction of sp³-hybridized carbons (Fsp3) is 0.364. The molecule has 0 bridgehead atoms. The van der Waals surface area contributed by atoms with Crippen molar-refractivity contribution in [3.8, 4) is 5.88 Å². The number of nitrogens with zero attached hydrogens (tertiary/aromatic N) is 1. The molecule has 0 aromatic carbocycles. The molecule has 84 valence electrons. The number of piperidine rings is 1. The van der Waals surface area contributed by atoms with Crippen LogP contribution in [-0.4, -0.2) is 22.9 Å². The van der Waals surface area contributed by atoms with Crippen molar-refractivity contribution in [3.63, 3.8) is 0 Å². The molecule has 1 aliphatic rings. The van der Waals surface area contributed by atoms with Crippen LogP contribution in [0.4, 0.5) is 0 Å². The number of hydrogen-bond acceptors (Lipinski definition) is 4. The van der Waals surface area contributed by atoms with E-state index in [0.29, 0.717) is 18.7 Å². The highest BCUT2D eigenvalue weighted by Crippen LogP contribution is 2.14. The van der Waals surface area contributed by atoms with Gasteiger partial charge in [-0.25, -0.2) is 4.98 Å². The Hall–Kier alpha value is -1.91. The highest BCUT2D eigenvalue weighted by Gasteiger charge is 2.28. The number of rotatable bonds is 2. The molecule has 1 saturated heterocycles. The number of aryl methyl sites for hydroxylation is 1. The van der Waals surface area contributed by atoms with E-state index in [9.17, 15) is 9.59 Å². The van der Waals surface area contributed by atoms with E-state index < -0.39 is 6.10 Å². The van der Waals surface area contributed by atoms with E-state index in [4.69, 9.17) is 4.74 Å². The summed E-state index contributed by atoms with van der Waals surface area (Å²) in [7, 11) is 0. The average molecular weight is 220 g/mol. The summed E-state index contributed by atoms with van der Waals surface area (Å²) >= 11 is 0. The normalized spacial score (nSPS) is 20.4. The first-order chi connectivity index (χ1) is 7.65. The van der Waals surface area contributed by atoms with Crippen LogP contribution in [0.25, 0.3) is 0 Å². The van der Waals surface area contributed by atoms with Crippen molar-refractivity contribution < 1.29 is 14.3 Å². The van der Waals surface area contributed by atoms with Crippen LogP contribution >= 0.6 is 0 Å². The maximum atomic E-state index is 11.4. The molecule has 0 aliphatic carbocycles. The SMILES string of the molecule is Cc1ccnc(OC2CCC(=O)NC2=O)c1. The van der Waals surface area contributed by atoms with Crippen molar-refractivity contribution in [1.29, 1.82) is 0 Å². The second kappa shape index (κ2) is 4.30. The van der Waals surface area contributed by atoms with Crippen LogP contribution in [0.3, 0.4) is 0 Å². The summed E-state index contributed by atoms with van der Waals surface area (Å²) in [6, 6.07) is 3.60. The largest absolute Gasteiger partial charge is 0.464 e. The van der Waals surface area contributed by atoms with Gasteiger partial charge in [-0.05, 0) is 18.6 Å². The van der Waals surface area contributed by atoms with Crippen molar-refractivity contribution in [2.24, 2.45) is 0 Å². The number of hydrogen-bond donors (Lipinski definition) is 1. The lowest BCUT2D eigenvalue weighted by molar-refractivity contribution is -0.139. The maximum absolute atomic E-state index is 11.4. The lowest BCUT2D eigenvalue weighted by Gasteiger charge is -2.21. The minimum atomic E-state index is -0.619. The number of aromatic nitrogens is 1. The zero-order valence-corrected chi connectivity index (χ0v) is 8.90. The minimum Gasteiger partial charge on any atom is -0.464 e. The van der Waals surface area contributed by atoms with Gasteiger partial charge in [0.25, 0.3) is 5.91 Å². The van der Waals surface area contributed by atoms with Gasteiger partial charge >= 0.3 is 0 Å². The van der Waals surface area contributed by atoms with Gasteiger partial charge in [-0.3, -0.25) is 14.9 Å². The molecule has 1 aromatic heterocycles. The summed E-state index contributed by atoms with van der Waals surface area (Å²) < 4.78 is 5.42. The van der Waals surface area contributed by atoms with Gasteiger partial charge in [0.15, 0.2) is 6.10 Å². The summed E-state index contributed by atoms with van der Waals surface area (Å²) in [6.45, 7) is 1.92. The quantitative estimate of drug-likeness (QED) is 0.740. The van der Waals surface area contributed by atoms with Crippen LogP contribution in [0.2, 0.25) is 0 Å². The van der Waals surface area contributed by atoms with E-state index in [1.165, 1.54) is 0 Å². The number of carbonyl (C=O) groups excluding carboxylic acids is 2. The molecule has 0 spiro atoms. The lowest BCUT2D eigenvalue weighted by atomic mass is 10.1. The summed E-state index contributed by atoms with van der Waals surface area (Å²) in [5, 5.41) is 2.23. The molecular formula is C11H12N2O3. The topological polar surface area (TPSA) is 68.3 Å². The Balaban J connectivity index is 2.05. The molecule has 1 aromatic rings. The van der Waals surface area contributed by atoms with Crippen molar-refractivity contribution in [2.75, 3.05) is 0 Å². The summed E-state index contributed by atoms with van der Waals surface area (Å²) in [4.78, 5) is 26.3. The molecule has 0 radical (unpaired) electrons. The van der Waals surface area contributed by atoms with E-state index in [0.717, 1.165) is 5.56 Å². The summed E-state index contributed by atoms with van der Waals surface area (Å²) in [5.74, 6) is -0.226. The van der Waals surface area contributed by atoms with Crippen LogP contribution in [0.15, 0.2) is 18.3 Å². The number of imide groups is 1. The number of amides is 2. The molecule has 5 nitrogen and oxygen atoms in total. The Morgan fingerprint density at radius 3 is 3.00 bits per heavy atom. The van der Waals surface area contributed by atoms with Gasteiger partial charge in [0.05, 0.1) is 0 Å². The van der Waals surface area contributed by atoms with E-state index in [1.54, 1.807) is 12.3 Å². The minimum absolute atomic E-state index is 0.248. The number of carbonyl (C=O) groups is 2. The van der Waals surface area contributed by atoms with Crippen LogP contribution in [-0.2, 0) is 9.59 Å². The Labute approximate surface area is 92.8 Å². The van der Waals surface area contributed by atoms with Gasteiger partial charge in [-0.2, -0.15) is 0 Å². The zero-order chi connectivity index (χ0) is 11.5. The monoisotopic (exact) mass is 220 g/mol. The third-order valence-corrected chi connectivity index (χ3v) is 2.34. The van der Waals surface area contributed by atoms with Crippen molar-refractivity contribution >= 4 is 11.8 Å². The second-order valence-corrected chi connectivity index (χ2v) is 3.73. The van der Waals surface area contributed by atoms with Crippen LogP contribution < -0.4 is 10.1 Å². The average Bonchev–Trinajstić information content (AvgIpc) is 2.22. The van der Waals surface area contributed by atoms with Gasteiger partial charge in [0.1, 0.15) is 0 Å². The highest BCUT2D eigenvalue weighted by molar-refractivity contribution is 5.99. The molecule has 0 saturated carbocycles. The van der Waals surface area contributed by atoms with Crippen molar-refractivity contribution in [2.45, 2.75) is 25.9 Å². The Kier molecular flexibility index (Phi) is 2.85. The first kappa shape index (κ1) is 10.6. The maximum Gasteiger partial charge on any atom is 0.267 e. The third-order valence-electron chi connectivity index (χ3n) is 2.34. The van der Waals surface area contributed by atoms with Crippen molar-refractivity contribution in [3.05, 3.63) is 23.9 Å². The first-order valence-corrected chi connectivity index (χ1v) is 5.08. The molecule has 2 rings (SSSR count). The van der Waals surface area contributed by atoms with E-state index in [-0.39, 0.29) is 11.8 Å². The molecule has 2 heterocycles. The molecule has 2 amide bonds. The molecule has 16 heavy (non-hydrogen) atoms. The van der Waals surface area contributed by atoms with Gasteiger partial charge in [0.2, 0.25) is 11.8 Å². The third kappa shape index (κ3) is 2.36. The number of ether oxygens (including phenoxy) is 1. The molecule has 1 N–H and O–H groups in total. The predicted molar refractivity (Wildman–Crippen MR) is 55.8 cm³/mol. The van der Waals surface area contributed by atoms with Crippen LogP contribution in [0.5, 0.6) is 5.88 Å². The van der Waals surface area contributed by atoms with Crippen molar-refractivity contribution in [1.82, 2.24) is 10.3 Å². The van der Waals surface area contributed by atoms with Gasteiger partial charge in [0, 0.05) is 25.1 Å². The lowest BCUT2D eigenvalue weighted by Crippen LogP contribution is -2.46. The van der Waals surface area contributed by atoms with Gasteiger partial charge in [-0.15, -0.1) is 0 Å². The van der Waals surface area contributed by atoms with E-state index in [2.05, 4.69) is 10.3 Å². The summed E-state index contributed by atoms with van der Waals surface area (Å²) in [6.07, 6.45) is 1.71. The molecule has 1 unspecified atom stereocenters. The molecule has 5 heteroatoms. The smallest absolute Gasteiger partial charge is 0.267 e. The zero-order valence-electron chi connectivity index (χ0n) is 8.90. The van der Waals surface area contributed by atoms with Crippen LogP contribution in [0.1, 0.15) is 18.4 Å². The standard InChI is InChI=1S/C11H12N2O3/c1-7-4-5-12-10(6-7)16-8-2-3-9(14)13-11(8)15/h4-6,8H,2-3H2,1H3,(H,13,14,15). The van der Waals surface area contributed by atoms with Gasteiger partial charge < -0.3 is 4.74 Å². The van der Waals surface area contributed by atoms with Gasteiger partial charge in [-0.1, -0.05) is 0 Å². The Bertz CT molecular complexity index is 431. The van der Waals surface area contributed by atoms with E-state index >= 15 is 0 Å². The number of nitrogens with one attached hydrogen (secondary N) is 1. The van der Waals surface area contributed by atoms with Crippen LogP contribution in [0, 0.1) is 6.92 Å². The fourth-order valence-corrected chi connectivity index (χ4v) is 1.50. The Morgan fingerprint density at radius 1 is 1.50 bits per heavy atom. The Morgan fingerprint density at radius 2 is 2.31 bits per heavy atom. The first-order valence-electron chi connectivity index (χ1n) is 5.08. The van der Waals surface area contributed by atoms with E-state index in [1.807, 2.05) is 13.0 Å².